The standard InChI is InChI=1S/C66H80S2/c1-5-9-13-21-33-65(34-22-14-10-6-2)61-27-19-17-25-57(61)59-31-29-53(43-63(59)65)55-39-49-37-50(40-55)46-68-48-52-38-51(47-67-45-49)41-56(42-52)54-30-32-60-58-26-18-20-28-62(58)66(64(60)44-54,35-23-15-11-7-3)36-24-16-12-8-4/h17-20,25-32,37-44H,5-16,21-24,33-36,45-48H2,1-4H3. The van der Waals surface area contributed by atoms with Crippen LogP contribution in [-0.2, 0) is 33.8 Å². The Hall–Kier alpha value is -3.98. The van der Waals surface area contributed by atoms with E-state index in [9.17, 15) is 0 Å². The van der Waals surface area contributed by atoms with Gasteiger partial charge in [-0.1, -0.05) is 240 Å². The molecule has 0 radical (unpaired) electrons. The second kappa shape index (κ2) is 23.3. The van der Waals surface area contributed by atoms with Crippen LogP contribution in [0.1, 0.15) is 201 Å². The maximum absolute atomic E-state index is 2.65. The molecule has 2 aliphatic carbocycles. The second-order valence-corrected chi connectivity index (χ2v) is 23.1. The molecule has 0 unspecified atom stereocenters. The van der Waals surface area contributed by atoms with E-state index in [1.54, 1.807) is 22.3 Å². The fourth-order valence-corrected chi connectivity index (χ4v) is 14.6. The molecule has 0 spiro atoms. The van der Waals surface area contributed by atoms with Gasteiger partial charge in [-0.25, -0.2) is 0 Å². The van der Waals surface area contributed by atoms with E-state index in [1.165, 1.54) is 195 Å². The average Bonchev–Trinajstić information content (AvgIpc) is 3.80. The number of benzene rings is 6. The van der Waals surface area contributed by atoms with Crippen molar-refractivity contribution in [1.82, 2.24) is 0 Å². The van der Waals surface area contributed by atoms with Crippen molar-refractivity contribution in [2.45, 2.75) is 190 Å². The van der Waals surface area contributed by atoms with Gasteiger partial charge in [-0.15, -0.1) is 0 Å². The third kappa shape index (κ3) is 10.5. The Bertz CT molecular complexity index is 2360. The molecule has 1 heterocycles. The summed E-state index contributed by atoms with van der Waals surface area (Å²) in [5.74, 6) is 4.09. The van der Waals surface area contributed by atoms with Crippen molar-refractivity contribution in [1.29, 1.82) is 0 Å². The van der Waals surface area contributed by atoms with E-state index in [0.717, 1.165) is 23.0 Å². The highest BCUT2D eigenvalue weighted by molar-refractivity contribution is 7.98. The van der Waals surface area contributed by atoms with Gasteiger partial charge >= 0.3 is 0 Å². The van der Waals surface area contributed by atoms with Crippen LogP contribution in [0, 0.1) is 0 Å². The molecule has 0 nitrogen and oxygen atoms in total. The molecule has 9 rings (SSSR count). The summed E-state index contributed by atoms with van der Waals surface area (Å²) in [4.78, 5) is 0. The monoisotopic (exact) mass is 937 g/mol. The maximum atomic E-state index is 2.65. The third-order valence-corrected chi connectivity index (χ3v) is 18.4. The Labute approximate surface area is 421 Å². The molecule has 3 aliphatic rings. The van der Waals surface area contributed by atoms with Crippen molar-refractivity contribution in [2.75, 3.05) is 0 Å². The number of fused-ring (bicyclic) bond motifs is 10. The van der Waals surface area contributed by atoms with E-state index in [0.29, 0.717) is 0 Å². The number of rotatable bonds is 22. The van der Waals surface area contributed by atoms with Crippen molar-refractivity contribution in [3.8, 4) is 44.5 Å². The van der Waals surface area contributed by atoms with Crippen LogP contribution in [0.4, 0.5) is 0 Å². The molecule has 0 atom stereocenters. The van der Waals surface area contributed by atoms with Crippen LogP contribution >= 0.6 is 23.5 Å². The van der Waals surface area contributed by atoms with E-state index in [-0.39, 0.29) is 10.8 Å². The summed E-state index contributed by atoms with van der Waals surface area (Å²) in [6, 6.07) is 49.2. The zero-order valence-corrected chi connectivity index (χ0v) is 44.0. The van der Waals surface area contributed by atoms with Crippen LogP contribution in [0.15, 0.2) is 121 Å². The number of hydrogen-bond donors (Lipinski definition) is 0. The van der Waals surface area contributed by atoms with Gasteiger partial charge in [0.05, 0.1) is 0 Å². The van der Waals surface area contributed by atoms with E-state index in [4.69, 9.17) is 0 Å². The van der Waals surface area contributed by atoms with E-state index < -0.39 is 0 Å². The minimum absolute atomic E-state index is 0.106. The highest BCUT2D eigenvalue weighted by Crippen LogP contribution is 2.57. The molecule has 1 aliphatic heterocycles. The largest absolute Gasteiger partial charge is 0.152 e. The van der Waals surface area contributed by atoms with Gasteiger partial charge in [0.2, 0.25) is 0 Å². The molecular weight excluding hydrogens is 857 g/mol. The molecule has 0 saturated heterocycles. The minimum Gasteiger partial charge on any atom is -0.152 e. The number of hydrogen-bond acceptors (Lipinski definition) is 2. The average molecular weight is 937 g/mol. The summed E-state index contributed by atoms with van der Waals surface area (Å²) in [5.41, 5.74) is 23.9. The van der Waals surface area contributed by atoms with Gasteiger partial charge < -0.3 is 0 Å². The first-order chi connectivity index (χ1) is 33.5. The lowest BCUT2D eigenvalue weighted by atomic mass is 9.70. The smallest absolute Gasteiger partial charge is 0.0215 e. The molecule has 68 heavy (non-hydrogen) atoms. The Morgan fingerprint density at radius 3 is 0.971 bits per heavy atom. The lowest BCUT2D eigenvalue weighted by Crippen LogP contribution is -2.25. The zero-order chi connectivity index (χ0) is 46.8. The van der Waals surface area contributed by atoms with Gasteiger partial charge in [0, 0.05) is 33.8 Å². The van der Waals surface area contributed by atoms with Crippen molar-refractivity contribution in [2.24, 2.45) is 0 Å². The molecule has 6 aromatic rings. The van der Waals surface area contributed by atoms with Gasteiger partial charge in [0.15, 0.2) is 0 Å². The molecular formula is C66H80S2. The molecule has 0 saturated carbocycles. The Balaban J connectivity index is 0.992. The van der Waals surface area contributed by atoms with Crippen LogP contribution in [0.3, 0.4) is 0 Å². The molecule has 356 valence electrons. The lowest BCUT2D eigenvalue weighted by Gasteiger charge is -2.33. The molecule has 4 bridgehead atoms. The van der Waals surface area contributed by atoms with E-state index in [1.807, 2.05) is 0 Å². The van der Waals surface area contributed by atoms with Crippen molar-refractivity contribution in [3.05, 3.63) is 166 Å². The molecule has 0 amide bonds. The molecule has 2 heteroatoms. The quantitative estimate of drug-likeness (QED) is 0.0622. The first-order valence-electron chi connectivity index (χ1n) is 27.4. The highest BCUT2D eigenvalue weighted by Gasteiger charge is 2.43. The fourth-order valence-electron chi connectivity index (χ4n) is 12.8. The molecule has 0 fully saturated rings. The maximum Gasteiger partial charge on any atom is 0.0215 e. The molecule has 6 aromatic carbocycles. The van der Waals surface area contributed by atoms with Crippen LogP contribution < -0.4 is 0 Å². The van der Waals surface area contributed by atoms with E-state index in [2.05, 4.69) is 173 Å². The van der Waals surface area contributed by atoms with Gasteiger partial charge in [-0.3, -0.25) is 0 Å². The first kappa shape index (κ1) is 49.0. The predicted molar refractivity (Wildman–Crippen MR) is 301 cm³/mol. The van der Waals surface area contributed by atoms with E-state index >= 15 is 0 Å². The SMILES string of the molecule is CCCCCCC1(CCCCCC)c2ccccc2-c2ccc(-c3cc4cc(c3)CSCc3cc(cc(-c5ccc6c(c5)C(CCCCCC)(CCCCCC)c5ccccc5-6)c3)CSC4)cc21. The summed E-state index contributed by atoms with van der Waals surface area (Å²) in [7, 11) is 0. The van der Waals surface area contributed by atoms with Crippen LogP contribution in [0.2, 0.25) is 0 Å². The fraction of sp³-hybridized carbons (Fsp3) is 0.455. The predicted octanol–water partition coefficient (Wildman–Crippen LogP) is 20.6. The Kier molecular flexibility index (Phi) is 16.8. The van der Waals surface area contributed by atoms with Crippen molar-refractivity contribution in [3.63, 3.8) is 0 Å². The molecule has 0 aromatic heterocycles. The van der Waals surface area contributed by atoms with Crippen LogP contribution in [0.25, 0.3) is 44.5 Å². The highest BCUT2D eigenvalue weighted by atomic mass is 32.2. The lowest BCUT2D eigenvalue weighted by molar-refractivity contribution is 0.401. The zero-order valence-electron chi connectivity index (χ0n) is 42.3. The summed E-state index contributed by atoms with van der Waals surface area (Å²) in [5, 5.41) is 0. The Morgan fingerprint density at radius 2 is 0.632 bits per heavy atom. The van der Waals surface area contributed by atoms with Crippen molar-refractivity contribution < 1.29 is 0 Å². The van der Waals surface area contributed by atoms with Gasteiger partial charge in [0.1, 0.15) is 0 Å². The minimum atomic E-state index is 0.106. The summed E-state index contributed by atoms with van der Waals surface area (Å²) in [6.45, 7) is 9.37. The summed E-state index contributed by atoms with van der Waals surface area (Å²) < 4.78 is 0. The Morgan fingerprint density at radius 1 is 0.309 bits per heavy atom. The third-order valence-electron chi connectivity index (χ3n) is 16.2. The first-order valence-corrected chi connectivity index (χ1v) is 29.7. The normalized spacial score (nSPS) is 15.2. The number of thioether (sulfide) groups is 2. The van der Waals surface area contributed by atoms with Crippen LogP contribution in [-0.4, -0.2) is 0 Å². The number of unbranched alkanes of at least 4 members (excludes halogenated alkanes) is 12. The molecule has 0 N–H and O–H groups in total. The van der Waals surface area contributed by atoms with Gasteiger partial charge in [0.25, 0.3) is 0 Å². The van der Waals surface area contributed by atoms with Gasteiger partial charge in [-0.05, 0) is 127 Å². The topological polar surface area (TPSA) is 0 Å². The summed E-state index contributed by atoms with van der Waals surface area (Å²) >= 11 is 4.17. The van der Waals surface area contributed by atoms with Gasteiger partial charge in [-0.2, -0.15) is 23.5 Å². The van der Waals surface area contributed by atoms with Crippen LogP contribution in [0.5, 0.6) is 0 Å². The van der Waals surface area contributed by atoms with Crippen molar-refractivity contribution >= 4 is 23.5 Å². The second-order valence-electron chi connectivity index (χ2n) is 21.1. The summed E-state index contributed by atoms with van der Waals surface area (Å²) in [6.07, 6.45) is 26.1.